The highest BCUT2D eigenvalue weighted by Gasteiger charge is 2.32. The van der Waals surface area contributed by atoms with Gasteiger partial charge < -0.3 is 10.2 Å². The van der Waals surface area contributed by atoms with E-state index in [0.717, 1.165) is 56.9 Å². The molecule has 0 spiro atoms. The van der Waals surface area contributed by atoms with Gasteiger partial charge in [-0.25, -0.2) is 8.78 Å². The molecule has 27 heavy (non-hydrogen) atoms. The van der Waals surface area contributed by atoms with Crippen molar-refractivity contribution in [1.82, 2.24) is 14.8 Å². The van der Waals surface area contributed by atoms with Crippen molar-refractivity contribution in [2.24, 2.45) is 0 Å². The molecule has 1 aromatic heterocycles. The van der Waals surface area contributed by atoms with Crippen LogP contribution >= 0.6 is 11.8 Å². The maximum absolute atomic E-state index is 13.7. The molecule has 1 saturated heterocycles. The summed E-state index contributed by atoms with van der Waals surface area (Å²) in [6, 6.07) is 3.48. The molecule has 6 nitrogen and oxygen atoms in total. The van der Waals surface area contributed by atoms with Crippen molar-refractivity contribution in [2.45, 2.75) is 43.3 Å². The lowest BCUT2D eigenvalue weighted by molar-refractivity contribution is -0.113. The summed E-state index contributed by atoms with van der Waals surface area (Å²) in [7, 11) is 0. The minimum Gasteiger partial charge on any atom is -0.341 e. The number of nitrogens with one attached hydrogen (secondary N) is 1. The number of carbonyl (C=O) groups excluding carboxylic acids is 1. The van der Waals surface area contributed by atoms with E-state index in [0.29, 0.717) is 11.2 Å². The van der Waals surface area contributed by atoms with Crippen LogP contribution in [0.5, 0.6) is 0 Å². The molecular formula is C18H21F2N5OS. The highest BCUT2D eigenvalue weighted by atomic mass is 32.2. The molecule has 9 heteroatoms. The first-order valence-electron chi connectivity index (χ1n) is 9.19. The summed E-state index contributed by atoms with van der Waals surface area (Å²) in [5.74, 6) is -0.855. The van der Waals surface area contributed by atoms with Crippen molar-refractivity contribution >= 4 is 29.3 Å². The number of amides is 1. The molecule has 0 atom stereocenters. The summed E-state index contributed by atoms with van der Waals surface area (Å²) in [6.45, 7) is 1.97. The molecule has 0 radical (unpaired) electrons. The Morgan fingerprint density at radius 2 is 1.96 bits per heavy atom. The highest BCUT2D eigenvalue weighted by molar-refractivity contribution is 7.99. The number of benzene rings is 1. The summed E-state index contributed by atoms with van der Waals surface area (Å²) in [4.78, 5) is 14.4. The van der Waals surface area contributed by atoms with E-state index in [1.54, 1.807) is 0 Å². The van der Waals surface area contributed by atoms with Crippen LogP contribution < -0.4 is 10.2 Å². The molecule has 1 aliphatic carbocycles. The Bertz CT molecular complexity index is 833. The second-order valence-corrected chi connectivity index (χ2v) is 7.83. The average Bonchev–Trinajstić information content (AvgIpc) is 3.42. The maximum atomic E-state index is 13.7. The standard InChI is InChI=1S/C18H21F2N5OS/c19-12-4-7-15(14(20)10-12)21-16(26)11-27-18-23-22-17(25(18)13-5-6-13)24-8-2-1-3-9-24/h4,7,10,13H,1-3,5-6,8-9,11H2,(H,21,26). The lowest BCUT2D eigenvalue weighted by Gasteiger charge is -2.27. The van der Waals surface area contributed by atoms with E-state index in [-0.39, 0.29) is 17.3 Å². The van der Waals surface area contributed by atoms with Crippen LogP contribution in [0.2, 0.25) is 0 Å². The van der Waals surface area contributed by atoms with E-state index in [2.05, 4.69) is 25.0 Å². The van der Waals surface area contributed by atoms with Crippen LogP contribution in [-0.2, 0) is 4.79 Å². The van der Waals surface area contributed by atoms with Gasteiger partial charge in [0, 0.05) is 25.2 Å². The Balaban J connectivity index is 1.42. The number of hydrogen-bond acceptors (Lipinski definition) is 5. The number of rotatable bonds is 6. The second-order valence-electron chi connectivity index (χ2n) is 6.89. The highest BCUT2D eigenvalue weighted by Crippen LogP contribution is 2.41. The van der Waals surface area contributed by atoms with Gasteiger partial charge in [0.15, 0.2) is 5.16 Å². The second kappa shape index (κ2) is 7.84. The topological polar surface area (TPSA) is 63.1 Å². The van der Waals surface area contributed by atoms with Crippen LogP contribution in [0.15, 0.2) is 23.4 Å². The fourth-order valence-electron chi connectivity index (χ4n) is 3.24. The van der Waals surface area contributed by atoms with Crippen LogP contribution in [-0.4, -0.2) is 39.5 Å². The number of aromatic nitrogens is 3. The molecular weight excluding hydrogens is 372 g/mol. The SMILES string of the molecule is O=C(CSc1nnc(N2CCCCC2)n1C1CC1)Nc1ccc(F)cc1F. The minimum atomic E-state index is -0.790. The van der Waals surface area contributed by atoms with Gasteiger partial charge in [-0.2, -0.15) is 0 Å². The first-order chi connectivity index (χ1) is 13.1. The maximum Gasteiger partial charge on any atom is 0.234 e. The van der Waals surface area contributed by atoms with Gasteiger partial charge in [0.1, 0.15) is 11.6 Å². The van der Waals surface area contributed by atoms with Crippen LogP contribution in [0.1, 0.15) is 38.1 Å². The fraction of sp³-hybridized carbons (Fsp3) is 0.500. The molecule has 1 saturated carbocycles. The van der Waals surface area contributed by atoms with Crippen molar-refractivity contribution in [3.63, 3.8) is 0 Å². The molecule has 4 rings (SSSR count). The summed E-state index contributed by atoms with van der Waals surface area (Å²) in [5, 5.41) is 11.9. The molecule has 2 aliphatic rings. The van der Waals surface area contributed by atoms with E-state index in [1.165, 1.54) is 24.2 Å². The largest absolute Gasteiger partial charge is 0.341 e. The van der Waals surface area contributed by atoms with Gasteiger partial charge in [0.25, 0.3) is 0 Å². The van der Waals surface area contributed by atoms with Crippen molar-refractivity contribution in [3.05, 3.63) is 29.8 Å². The summed E-state index contributed by atoms with van der Waals surface area (Å²) < 4.78 is 28.8. The predicted octanol–water partition coefficient (Wildman–Crippen LogP) is 3.61. The Labute approximate surface area is 160 Å². The van der Waals surface area contributed by atoms with Gasteiger partial charge in [0.05, 0.1) is 11.4 Å². The first kappa shape index (κ1) is 18.2. The number of thioether (sulfide) groups is 1. The van der Waals surface area contributed by atoms with E-state index in [1.807, 2.05) is 0 Å². The molecule has 1 N–H and O–H groups in total. The Morgan fingerprint density at radius 3 is 2.67 bits per heavy atom. The number of hydrogen-bond donors (Lipinski definition) is 1. The first-order valence-corrected chi connectivity index (χ1v) is 10.2. The quantitative estimate of drug-likeness (QED) is 0.760. The smallest absolute Gasteiger partial charge is 0.234 e. The average molecular weight is 393 g/mol. The normalized spacial score (nSPS) is 17.2. The summed E-state index contributed by atoms with van der Waals surface area (Å²) in [5.41, 5.74) is -0.0281. The van der Waals surface area contributed by atoms with Gasteiger partial charge in [0.2, 0.25) is 11.9 Å². The van der Waals surface area contributed by atoms with Crippen LogP contribution in [0.3, 0.4) is 0 Å². The van der Waals surface area contributed by atoms with Gasteiger partial charge >= 0.3 is 0 Å². The molecule has 2 fully saturated rings. The van der Waals surface area contributed by atoms with Crippen molar-refractivity contribution < 1.29 is 13.6 Å². The molecule has 144 valence electrons. The number of halogens is 2. The van der Waals surface area contributed by atoms with E-state index >= 15 is 0 Å². The Morgan fingerprint density at radius 1 is 1.19 bits per heavy atom. The monoisotopic (exact) mass is 393 g/mol. The number of nitrogens with zero attached hydrogens (tertiary/aromatic N) is 4. The molecule has 0 unspecified atom stereocenters. The fourth-order valence-corrected chi connectivity index (χ4v) is 4.04. The van der Waals surface area contributed by atoms with Crippen molar-refractivity contribution in [1.29, 1.82) is 0 Å². The molecule has 1 aromatic carbocycles. The van der Waals surface area contributed by atoms with E-state index in [9.17, 15) is 13.6 Å². The van der Waals surface area contributed by atoms with Crippen molar-refractivity contribution in [3.8, 4) is 0 Å². The summed E-state index contributed by atoms with van der Waals surface area (Å²) >= 11 is 1.29. The van der Waals surface area contributed by atoms with Crippen LogP contribution in [0, 0.1) is 11.6 Å². The molecule has 2 heterocycles. The zero-order valence-corrected chi connectivity index (χ0v) is 15.6. The van der Waals surface area contributed by atoms with E-state index in [4.69, 9.17) is 0 Å². The Hall–Kier alpha value is -2.16. The molecule has 1 amide bonds. The lowest BCUT2D eigenvalue weighted by atomic mass is 10.1. The molecule has 1 aliphatic heterocycles. The zero-order chi connectivity index (χ0) is 18.8. The molecule has 0 bridgehead atoms. The zero-order valence-electron chi connectivity index (χ0n) is 14.8. The number of piperidine rings is 1. The number of anilines is 2. The predicted molar refractivity (Wildman–Crippen MR) is 100 cm³/mol. The van der Waals surface area contributed by atoms with Gasteiger partial charge in [-0.3, -0.25) is 9.36 Å². The Kier molecular flexibility index (Phi) is 5.29. The minimum absolute atomic E-state index is 0.0281. The third-order valence-corrected chi connectivity index (χ3v) is 5.68. The van der Waals surface area contributed by atoms with E-state index < -0.39 is 11.6 Å². The summed E-state index contributed by atoms with van der Waals surface area (Å²) in [6.07, 6.45) is 5.76. The van der Waals surface area contributed by atoms with Gasteiger partial charge in [-0.05, 0) is 44.2 Å². The number of carbonyl (C=O) groups is 1. The van der Waals surface area contributed by atoms with Crippen LogP contribution in [0.25, 0.3) is 0 Å². The van der Waals surface area contributed by atoms with Crippen molar-refractivity contribution in [2.75, 3.05) is 29.1 Å². The molecule has 2 aromatic rings. The van der Waals surface area contributed by atoms with Gasteiger partial charge in [-0.1, -0.05) is 11.8 Å². The third-order valence-electron chi connectivity index (χ3n) is 4.74. The lowest BCUT2D eigenvalue weighted by Crippen LogP contribution is -2.32. The van der Waals surface area contributed by atoms with Crippen LogP contribution in [0.4, 0.5) is 20.4 Å². The van der Waals surface area contributed by atoms with Gasteiger partial charge in [-0.15, -0.1) is 10.2 Å². The third kappa shape index (κ3) is 4.23.